The van der Waals surface area contributed by atoms with Crippen LogP contribution in [0.1, 0.15) is 18.4 Å². The Labute approximate surface area is 151 Å². The second kappa shape index (κ2) is 7.35. The minimum atomic E-state index is -3.52. The lowest BCUT2D eigenvalue weighted by Crippen LogP contribution is -2.44. The molecule has 3 rings (SSSR count). The van der Waals surface area contributed by atoms with Crippen molar-refractivity contribution in [3.05, 3.63) is 64.6 Å². The number of ether oxygens (including phenoxy) is 1. The molecule has 1 N–H and O–H groups in total. The highest BCUT2D eigenvalue weighted by Gasteiger charge is 2.35. The summed E-state index contributed by atoms with van der Waals surface area (Å²) >= 11 is 3.51. The number of sulfonamides is 1. The van der Waals surface area contributed by atoms with Crippen LogP contribution in [0.25, 0.3) is 0 Å². The Bertz CT molecular complexity index is 787. The molecule has 4 nitrogen and oxygen atoms in total. The van der Waals surface area contributed by atoms with E-state index in [0.29, 0.717) is 24.7 Å². The highest BCUT2D eigenvalue weighted by atomic mass is 79.9. The zero-order valence-corrected chi connectivity index (χ0v) is 15.6. The van der Waals surface area contributed by atoms with Gasteiger partial charge in [-0.25, -0.2) is 13.1 Å². The number of rotatable bonds is 5. The van der Waals surface area contributed by atoms with Gasteiger partial charge in [-0.2, -0.15) is 0 Å². The van der Waals surface area contributed by atoms with E-state index in [9.17, 15) is 8.42 Å². The SMILES string of the molecule is O=S(=O)(NCC1(c2cccc(Br)c2)CCOCC1)c1ccccc1. The van der Waals surface area contributed by atoms with Crippen LogP contribution >= 0.6 is 15.9 Å². The van der Waals surface area contributed by atoms with Gasteiger partial charge >= 0.3 is 0 Å². The van der Waals surface area contributed by atoms with E-state index in [0.717, 1.165) is 22.9 Å². The fourth-order valence-electron chi connectivity index (χ4n) is 3.06. The molecule has 2 aromatic carbocycles. The number of nitrogens with one attached hydrogen (secondary N) is 1. The van der Waals surface area contributed by atoms with Crippen LogP contribution in [0, 0.1) is 0 Å². The fraction of sp³-hybridized carbons (Fsp3) is 0.333. The van der Waals surface area contributed by atoms with Gasteiger partial charge in [-0.3, -0.25) is 0 Å². The van der Waals surface area contributed by atoms with Gasteiger partial charge in [0.05, 0.1) is 4.90 Å². The zero-order chi connectivity index (χ0) is 17.0. The summed E-state index contributed by atoms with van der Waals surface area (Å²) < 4.78 is 34.4. The molecule has 0 atom stereocenters. The predicted octanol–water partition coefficient (Wildman–Crippen LogP) is 3.48. The van der Waals surface area contributed by atoms with Crippen LogP contribution in [-0.2, 0) is 20.2 Å². The average Bonchev–Trinajstić information content (AvgIpc) is 2.62. The number of hydrogen-bond acceptors (Lipinski definition) is 3. The Hall–Kier alpha value is -1.21. The highest BCUT2D eigenvalue weighted by molar-refractivity contribution is 9.10. The Kier molecular flexibility index (Phi) is 5.39. The standard InChI is InChI=1S/C18H20BrNO3S/c19-16-6-4-5-15(13-16)18(9-11-23-12-10-18)14-20-24(21,22)17-7-2-1-3-8-17/h1-8,13,20H,9-12,14H2. The molecule has 128 valence electrons. The van der Waals surface area contributed by atoms with Crippen molar-refractivity contribution in [1.82, 2.24) is 4.72 Å². The van der Waals surface area contributed by atoms with Crippen LogP contribution in [0.4, 0.5) is 0 Å². The lowest BCUT2D eigenvalue weighted by atomic mass is 9.74. The molecule has 1 aliphatic heterocycles. The Morgan fingerprint density at radius 2 is 1.75 bits per heavy atom. The van der Waals surface area contributed by atoms with Crippen molar-refractivity contribution in [3.8, 4) is 0 Å². The molecular weight excluding hydrogens is 390 g/mol. The molecule has 1 heterocycles. The smallest absolute Gasteiger partial charge is 0.240 e. The van der Waals surface area contributed by atoms with Crippen LogP contribution in [0.5, 0.6) is 0 Å². The topological polar surface area (TPSA) is 55.4 Å². The summed E-state index contributed by atoms with van der Waals surface area (Å²) in [7, 11) is -3.52. The van der Waals surface area contributed by atoms with E-state index in [-0.39, 0.29) is 5.41 Å². The van der Waals surface area contributed by atoms with Gasteiger partial charge in [-0.05, 0) is 42.7 Å². The first-order valence-corrected chi connectivity index (χ1v) is 10.2. The van der Waals surface area contributed by atoms with E-state index in [2.05, 4.69) is 32.8 Å². The largest absolute Gasteiger partial charge is 0.381 e. The van der Waals surface area contributed by atoms with Gasteiger partial charge in [0.1, 0.15) is 0 Å². The molecule has 0 saturated carbocycles. The van der Waals surface area contributed by atoms with Crippen LogP contribution in [0.15, 0.2) is 64.0 Å². The molecule has 0 spiro atoms. The molecule has 24 heavy (non-hydrogen) atoms. The normalized spacial score (nSPS) is 17.5. The minimum Gasteiger partial charge on any atom is -0.381 e. The van der Waals surface area contributed by atoms with E-state index in [1.165, 1.54) is 0 Å². The van der Waals surface area contributed by atoms with Crippen molar-refractivity contribution in [1.29, 1.82) is 0 Å². The first kappa shape index (κ1) is 17.6. The third-order valence-electron chi connectivity index (χ3n) is 4.54. The minimum absolute atomic E-state index is 0.246. The van der Waals surface area contributed by atoms with Crippen molar-refractivity contribution >= 4 is 26.0 Å². The highest BCUT2D eigenvalue weighted by Crippen LogP contribution is 2.35. The first-order valence-electron chi connectivity index (χ1n) is 7.90. The Morgan fingerprint density at radius 3 is 2.42 bits per heavy atom. The lowest BCUT2D eigenvalue weighted by Gasteiger charge is -2.38. The van der Waals surface area contributed by atoms with E-state index in [4.69, 9.17) is 4.74 Å². The maximum Gasteiger partial charge on any atom is 0.240 e. The predicted molar refractivity (Wildman–Crippen MR) is 97.5 cm³/mol. The Morgan fingerprint density at radius 1 is 1.04 bits per heavy atom. The lowest BCUT2D eigenvalue weighted by molar-refractivity contribution is 0.0517. The third kappa shape index (κ3) is 3.88. The summed E-state index contributed by atoms with van der Waals surface area (Å²) in [6.45, 7) is 1.64. The molecule has 1 fully saturated rings. The molecule has 6 heteroatoms. The zero-order valence-electron chi connectivity index (χ0n) is 13.2. The van der Waals surface area contributed by atoms with Crippen LogP contribution < -0.4 is 4.72 Å². The summed E-state index contributed by atoms with van der Waals surface area (Å²) in [6.07, 6.45) is 1.58. The van der Waals surface area contributed by atoms with Gasteiger partial charge in [-0.1, -0.05) is 46.3 Å². The van der Waals surface area contributed by atoms with Crippen LogP contribution in [0.2, 0.25) is 0 Å². The molecule has 1 saturated heterocycles. The second-order valence-electron chi connectivity index (χ2n) is 6.04. The summed E-state index contributed by atoms with van der Waals surface area (Å²) in [4.78, 5) is 0.293. The number of hydrogen-bond donors (Lipinski definition) is 1. The maximum atomic E-state index is 12.6. The molecule has 0 aliphatic carbocycles. The van der Waals surface area contributed by atoms with Crippen LogP contribution in [-0.4, -0.2) is 28.2 Å². The average molecular weight is 410 g/mol. The molecule has 0 unspecified atom stereocenters. The van der Waals surface area contributed by atoms with Gasteiger partial charge < -0.3 is 4.74 Å². The summed E-state index contributed by atoms with van der Waals surface area (Å²) in [5.41, 5.74) is 0.889. The summed E-state index contributed by atoms with van der Waals surface area (Å²) in [5.74, 6) is 0. The quantitative estimate of drug-likeness (QED) is 0.821. The number of benzene rings is 2. The van der Waals surface area contributed by atoms with E-state index in [1.807, 2.05) is 12.1 Å². The van der Waals surface area contributed by atoms with E-state index in [1.54, 1.807) is 30.3 Å². The molecule has 1 aliphatic rings. The molecule has 0 amide bonds. The van der Waals surface area contributed by atoms with Crippen molar-refractivity contribution in [2.24, 2.45) is 0 Å². The van der Waals surface area contributed by atoms with Gasteiger partial charge in [0.2, 0.25) is 10.0 Å². The molecular formula is C18H20BrNO3S. The molecule has 0 aromatic heterocycles. The van der Waals surface area contributed by atoms with Crippen molar-refractivity contribution in [2.75, 3.05) is 19.8 Å². The third-order valence-corrected chi connectivity index (χ3v) is 6.45. The monoisotopic (exact) mass is 409 g/mol. The summed E-state index contributed by atoms with van der Waals surface area (Å²) in [5, 5.41) is 0. The maximum absolute atomic E-state index is 12.6. The van der Waals surface area contributed by atoms with Crippen molar-refractivity contribution < 1.29 is 13.2 Å². The molecule has 0 bridgehead atoms. The van der Waals surface area contributed by atoms with Crippen LogP contribution in [0.3, 0.4) is 0 Å². The fourth-order valence-corrected chi connectivity index (χ4v) is 4.61. The Balaban J connectivity index is 1.86. The van der Waals surface area contributed by atoms with Crippen molar-refractivity contribution in [2.45, 2.75) is 23.2 Å². The molecule has 0 radical (unpaired) electrons. The van der Waals surface area contributed by atoms with Gasteiger partial charge in [0.15, 0.2) is 0 Å². The summed E-state index contributed by atoms with van der Waals surface area (Å²) in [6, 6.07) is 16.6. The van der Waals surface area contributed by atoms with E-state index < -0.39 is 10.0 Å². The molecule has 2 aromatic rings. The van der Waals surface area contributed by atoms with Crippen molar-refractivity contribution in [3.63, 3.8) is 0 Å². The van der Waals surface area contributed by atoms with Gasteiger partial charge in [-0.15, -0.1) is 0 Å². The van der Waals surface area contributed by atoms with Gasteiger partial charge in [0, 0.05) is 29.6 Å². The van der Waals surface area contributed by atoms with E-state index >= 15 is 0 Å². The first-order chi connectivity index (χ1) is 11.5. The van der Waals surface area contributed by atoms with Gasteiger partial charge in [0.25, 0.3) is 0 Å². The second-order valence-corrected chi connectivity index (χ2v) is 8.72. The number of halogens is 1.